The summed E-state index contributed by atoms with van der Waals surface area (Å²) in [6, 6.07) is 0.653. The number of nitrogens with one attached hydrogen (secondary N) is 1. The lowest BCUT2D eigenvalue weighted by molar-refractivity contribution is 0.0143. The van der Waals surface area contributed by atoms with Crippen LogP contribution in [-0.2, 0) is 0 Å². The quantitative estimate of drug-likeness (QED) is 0.633. The average Bonchev–Trinajstić information content (AvgIpc) is 1.94. The van der Waals surface area contributed by atoms with Gasteiger partial charge in [0, 0.05) is 6.04 Å². The molecule has 0 unspecified atom stereocenters. The van der Waals surface area contributed by atoms with Crippen LogP contribution in [0.15, 0.2) is 0 Å². The third kappa shape index (κ3) is 2.80. The van der Waals surface area contributed by atoms with Crippen LogP contribution in [0.25, 0.3) is 0 Å². The van der Waals surface area contributed by atoms with E-state index in [0.717, 1.165) is 32.2 Å². The van der Waals surface area contributed by atoms with Crippen LogP contribution in [0.2, 0.25) is 0 Å². The number of hydrogen-bond acceptors (Lipinski definition) is 2. The standard InChI is InChI=1S/C9H19NO/c1-3-10-8-4-6-9(2,11)7-5-8/h8,10-11H,3-7H2,1-2H3/t8-,9-. The highest BCUT2D eigenvalue weighted by Gasteiger charge is 2.27. The number of hydrogen-bond donors (Lipinski definition) is 2. The van der Waals surface area contributed by atoms with Crippen LogP contribution in [0.4, 0.5) is 0 Å². The maximum Gasteiger partial charge on any atom is 0.0621 e. The summed E-state index contributed by atoms with van der Waals surface area (Å²) in [6.45, 7) is 5.12. The third-order valence-electron chi connectivity index (χ3n) is 2.56. The Morgan fingerprint density at radius 2 is 2.00 bits per heavy atom. The molecule has 1 aliphatic carbocycles. The Balaban J connectivity index is 2.25. The molecule has 0 radical (unpaired) electrons. The molecule has 0 aromatic heterocycles. The smallest absolute Gasteiger partial charge is 0.0621 e. The van der Waals surface area contributed by atoms with Crippen molar-refractivity contribution in [3.05, 3.63) is 0 Å². The zero-order valence-corrected chi connectivity index (χ0v) is 7.56. The predicted molar refractivity (Wildman–Crippen MR) is 46.6 cm³/mol. The summed E-state index contributed by atoms with van der Waals surface area (Å²) >= 11 is 0. The van der Waals surface area contributed by atoms with E-state index < -0.39 is 0 Å². The van der Waals surface area contributed by atoms with Gasteiger partial charge in [-0.25, -0.2) is 0 Å². The molecule has 1 aliphatic rings. The lowest BCUT2D eigenvalue weighted by atomic mass is 9.84. The molecule has 0 aromatic rings. The zero-order valence-electron chi connectivity index (χ0n) is 7.56. The molecule has 0 amide bonds. The van der Waals surface area contributed by atoms with E-state index in [9.17, 15) is 5.11 Å². The fraction of sp³-hybridized carbons (Fsp3) is 1.00. The minimum atomic E-state index is -0.383. The van der Waals surface area contributed by atoms with Crippen molar-refractivity contribution in [3.8, 4) is 0 Å². The second-order valence-corrected chi connectivity index (χ2v) is 3.83. The molecule has 0 aliphatic heterocycles. The van der Waals surface area contributed by atoms with Crippen molar-refractivity contribution in [2.45, 2.75) is 51.2 Å². The van der Waals surface area contributed by atoms with E-state index in [0.29, 0.717) is 6.04 Å². The summed E-state index contributed by atoms with van der Waals surface area (Å²) in [5.74, 6) is 0. The van der Waals surface area contributed by atoms with Crippen LogP contribution in [0, 0.1) is 0 Å². The van der Waals surface area contributed by atoms with Gasteiger partial charge in [0.25, 0.3) is 0 Å². The summed E-state index contributed by atoms with van der Waals surface area (Å²) in [4.78, 5) is 0. The van der Waals surface area contributed by atoms with Gasteiger partial charge in [-0.15, -0.1) is 0 Å². The molecule has 66 valence electrons. The molecule has 2 N–H and O–H groups in total. The SMILES string of the molecule is CCN[C@H]1CC[C@](C)(O)CC1. The monoisotopic (exact) mass is 157 g/mol. The molecule has 2 heteroatoms. The van der Waals surface area contributed by atoms with Crippen LogP contribution in [-0.4, -0.2) is 23.3 Å². The number of aliphatic hydroxyl groups is 1. The predicted octanol–water partition coefficient (Wildman–Crippen LogP) is 1.29. The van der Waals surface area contributed by atoms with Gasteiger partial charge in [-0.3, -0.25) is 0 Å². The van der Waals surface area contributed by atoms with Gasteiger partial charge in [-0.05, 0) is 39.2 Å². The largest absolute Gasteiger partial charge is 0.390 e. The van der Waals surface area contributed by atoms with Gasteiger partial charge in [-0.1, -0.05) is 6.92 Å². The maximum absolute atomic E-state index is 9.63. The average molecular weight is 157 g/mol. The van der Waals surface area contributed by atoms with Gasteiger partial charge in [-0.2, -0.15) is 0 Å². The Hall–Kier alpha value is -0.0800. The van der Waals surface area contributed by atoms with Gasteiger partial charge in [0.15, 0.2) is 0 Å². The van der Waals surface area contributed by atoms with Gasteiger partial charge < -0.3 is 10.4 Å². The minimum absolute atomic E-state index is 0.383. The molecule has 0 aromatic carbocycles. The van der Waals surface area contributed by atoms with E-state index in [2.05, 4.69) is 12.2 Å². The van der Waals surface area contributed by atoms with Crippen LogP contribution >= 0.6 is 0 Å². The highest BCUT2D eigenvalue weighted by Crippen LogP contribution is 2.27. The summed E-state index contributed by atoms with van der Waals surface area (Å²) < 4.78 is 0. The molecular formula is C9H19NO. The molecule has 1 saturated carbocycles. The first-order valence-corrected chi connectivity index (χ1v) is 4.60. The first kappa shape index (κ1) is 9.01. The molecule has 1 rings (SSSR count). The van der Waals surface area contributed by atoms with E-state index >= 15 is 0 Å². The Kier molecular flexibility index (Phi) is 2.90. The highest BCUT2D eigenvalue weighted by atomic mass is 16.3. The van der Waals surface area contributed by atoms with E-state index in [1.807, 2.05) is 6.92 Å². The second-order valence-electron chi connectivity index (χ2n) is 3.83. The van der Waals surface area contributed by atoms with Crippen molar-refractivity contribution < 1.29 is 5.11 Å². The molecule has 11 heavy (non-hydrogen) atoms. The van der Waals surface area contributed by atoms with Gasteiger partial charge in [0.2, 0.25) is 0 Å². The van der Waals surface area contributed by atoms with E-state index in [1.54, 1.807) is 0 Å². The normalized spacial score (nSPS) is 39.0. The van der Waals surface area contributed by atoms with Crippen LogP contribution in [0.3, 0.4) is 0 Å². The number of rotatable bonds is 2. The topological polar surface area (TPSA) is 32.3 Å². The van der Waals surface area contributed by atoms with Crippen LogP contribution < -0.4 is 5.32 Å². The zero-order chi connectivity index (χ0) is 8.32. The molecule has 2 nitrogen and oxygen atoms in total. The Bertz CT molecular complexity index is 113. The van der Waals surface area contributed by atoms with E-state index in [-0.39, 0.29) is 5.60 Å². The van der Waals surface area contributed by atoms with Crippen molar-refractivity contribution >= 4 is 0 Å². The summed E-state index contributed by atoms with van der Waals surface area (Å²) in [5, 5.41) is 13.0. The highest BCUT2D eigenvalue weighted by molar-refractivity contribution is 4.84. The molecule has 0 atom stereocenters. The van der Waals surface area contributed by atoms with E-state index in [1.165, 1.54) is 0 Å². The second kappa shape index (κ2) is 3.55. The van der Waals surface area contributed by atoms with Crippen molar-refractivity contribution in [1.82, 2.24) is 5.32 Å². The van der Waals surface area contributed by atoms with Crippen molar-refractivity contribution in [1.29, 1.82) is 0 Å². The fourth-order valence-electron chi connectivity index (χ4n) is 1.73. The van der Waals surface area contributed by atoms with Gasteiger partial charge >= 0.3 is 0 Å². The Morgan fingerprint density at radius 3 is 2.45 bits per heavy atom. The molecule has 0 bridgehead atoms. The summed E-state index contributed by atoms with van der Waals surface area (Å²) in [7, 11) is 0. The lowest BCUT2D eigenvalue weighted by Gasteiger charge is -2.33. The molecule has 1 fully saturated rings. The van der Waals surface area contributed by atoms with Crippen LogP contribution in [0.1, 0.15) is 39.5 Å². The molecule has 0 saturated heterocycles. The summed E-state index contributed by atoms with van der Waals surface area (Å²) in [5.41, 5.74) is -0.383. The minimum Gasteiger partial charge on any atom is -0.390 e. The molecular weight excluding hydrogens is 138 g/mol. The Morgan fingerprint density at radius 1 is 1.45 bits per heavy atom. The summed E-state index contributed by atoms with van der Waals surface area (Å²) in [6.07, 6.45) is 4.15. The fourth-order valence-corrected chi connectivity index (χ4v) is 1.73. The lowest BCUT2D eigenvalue weighted by Crippen LogP contribution is -2.39. The first-order chi connectivity index (χ1) is 5.14. The molecule has 0 heterocycles. The Labute approximate surface area is 69.0 Å². The van der Waals surface area contributed by atoms with Gasteiger partial charge in [0.05, 0.1) is 5.60 Å². The van der Waals surface area contributed by atoms with E-state index in [4.69, 9.17) is 0 Å². The van der Waals surface area contributed by atoms with Gasteiger partial charge in [0.1, 0.15) is 0 Å². The maximum atomic E-state index is 9.63. The molecule has 0 spiro atoms. The van der Waals surface area contributed by atoms with Crippen molar-refractivity contribution in [3.63, 3.8) is 0 Å². The van der Waals surface area contributed by atoms with Crippen molar-refractivity contribution in [2.24, 2.45) is 0 Å². The first-order valence-electron chi connectivity index (χ1n) is 4.60. The van der Waals surface area contributed by atoms with Crippen molar-refractivity contribution in [2.75, 3.05) is 6.54 Å². The van der Waals surface area contributed by atoms with Crippen LogP contribution in [0.5, 0.6) is 0 Å². The third-order valence-corrected chi connectivity index (χ3v) is 2.56.